The Kier molecular flexibility index (Phi) is 6.40. The van der Waals surface area contributed by atoms with Crippen LogP contribution in [0.2, 0.25) is 0 Å². The molecule has 0 radical (unpaired) electrons. The van der Waals surface area contributed by atoms with Gasteiger partial charge in [0.15, 0.2) is 0 Å². The van der Waals surface area contributed by atoms with Gasteiger partial charge in [-0.15, -0.1) is 0 Å². The van der Waals surface area contributed by atoms with Crippen LogP contribution in [0.15, 0.2) is 42.5 Å². The molecule has 1 fully saturated rings. The van der Waals surface area contributed by atoms with Gasteiger partial charge in [0.05, 0.1) is 13.2 Å². The fourth-order valence-electron chi connectivity index (χ4n) is 4.68. The van der Waals surface area contributed by atoms with E-state index in [4.69, 9.17) is 4.74 Å². The normalized spacial score (nSPS) is 18.7. The molecule has 1 saturated heterocycles. The molecule has 5 heteroatoms. The van der Waals surface area contributed by atoms with Crippen LogP contribution in [0, 0.1) is 6.92 Å². The summed E-state index contributed by atoms with van der Waals surface area (Å²) in [5, 5.41) is 0. The highest BCUT2D eigenvalue weighted by Gasteiger charge is 2.30. The number of ether oxygens (including phenoxy) is 1. The van der Waals surface area contributed by atoms with Crippen LogP contribution in [0.3, 0.4) is 0 Å². The van der Waals surface area contributed by atoms with E-state index in [1.807, 2.05) is 4.90 Å². The van der Waals surface area contributed by atoms with E-state index in [0.29, 0.717) is 0 Å². The number of nitrogens with zero attached hydrogens (tertiary/aromatic N) is 3. The third-order valence-corrected chi connectivity index (χ3v) is 6.58. The van der Waals surface area contributed by atoms with E-state index in [9.17, 15) is 4.79 Å². The first-order valence-electron chi connectivity index (χ1n) is 11.0. The lowest BCUT2D eigenvalue weighted by molar-refractivity contribution is -0.138. The van der Waals surface area contributed by atoms with Crippen molar-refractivity contribution in [1.82, 2.24) is 14.7 Å². The maximum atomic E-state index is 13.2. The van der Waals surface area contributed by atoms with Crippen LogP contribution in [-0.4, -0.2) is 66.5 Å². The van der Waals surface area contributed by atoms with Crippen LogP contribution in [0.25, 0.3) is 0 Å². The predicted molar refractivity (Wildman–Crippen MR) is 120 cm³/mol. The summed E-state index contributed by atoms with van der Waals surface area (Å²) in [5.74, 6) is 1.22. The molecule has 160 valence electrons. The summed E-state index contributed by atoms with van der Waals surface area (Å²) in [5.41, 5.74) is 5.17. The lowest BCUT2D eigenvalue weighted by Gasteiger charge is -2.40. The largest absolute Gasteiger partial charge is 0.496 e. The van der Waals surface area contributed by atoms with Gasteiger partial charge >= 0.3 is 0 Å². The zero-order chi connectivity index (χ0) is 21.1. The Hall–Kier alpha value is -2.37. The smallest absolute Gasteiger partial charge is 0.239 e. The number of rotatable bonds is 5. The van der Waals surface area contributed by atoms with E-state index in [1.54, 1.807) is 7.11 Å². The summed E-state index contributed by atoms with van der Waals surface area (Å²) in [6.07, 6.45) is 0.959. The van der Waals surface area contributed by atoms with Crippen LogP contribution < -0.4 is 4.74 Å². The predicted octanol–water partition coefficient (Wildman–Crippen LogP) is 3.09. The highest BCUT2D eigenvalue weighted by Crippen LogP contribution is 2.23. The van der Waals surface area contributed by atoms with Crippen LogP contribution in [0.1, 0.15) is 29.2 Å². The van der Waals surface area contributed by atoms with E-state index >= 15 is 0 Å². The van der Waals surface area contributed by atoms with Gasteiger partial charge in [-0.2, -0.15) is 0 Å². The Labute approximate surface area is 180 Å². The van der Waals surface area contributed by atoms with Crippen molar-refractivity contribution in [1.29, 1.82) is 0 Å². The molecule has 1 atom stereocenters. The van der Waals surface area contributed by atoms with E-state index < -0.39 is 0 Å². The lowest BCUT2D eigenvalue weighted by atomic mass is 9.99. The molecule has 4 rings (SSSR count). The van der Waals surface area contributed by atoms with Gasteiger partial charge in [-0.25, -0.2) is 0 Å². The van der Waals surface area contributed by atoms with E-state index in [1.165, 1.54) is 22.3 Å². The molecule has 2 aliphatic rings. The van der Waals surface area contributed by atoms with E-state index in [-0.39, 0.29) is 11.9 Å². The summed E-state index contributed by atoms with van der Waals surface area (Å²) in [4.78, 5) is 20.0. The molecular weight excluding hydrogens is 374 g/mol. The Bertz CT molecular complexity index is 890. The zero-order valence-electron chi connectivity index (χ0n) is 18.4. The van der Waals surface area contributed by atoms with Crippen LogP contribution >= 0.6 is 0 Å². The second kappa shape index (κ2) is 9.19. The molecule has 0 N–H and O–H groups in total. The molecule has 2 aliphatic heterocycles. The van der Waals surface area contributed by atoms with Gasteiger partial charge < -0.3 is 9.64 Å². The Balaban J connectivity index is 1.32. The van der Waals surface area contributed by atoms with Crippen molar-refractivity contribution < 1.29 is 9.53 Å². The van der Waals surface area contributed by atoms with Crippen molar-refractivity contribution in [2.45, 2.75) is 39.4 Å². The molecule has 2 aromatic rings. The number of fused-ring (bicyclic) bond motifs is 1. The first-order valence-corrected chi connectivity index (χ1v) is 11.0. The fourth-order valence-corrected chi connectivity index (χ4v) is 4.68. The van der Waals surface area contributed by atoms with Gasteiger partial charge in [0.1, 0.15) is 5.75 Å². The molecule has 0 spiro atoms. The molecule has 0 aromatic heterocycles. The Morgan fingerprint density at radius 3 is 2.50 bits per heavy atom. The molecule has 0 bridgehead atoms. The SMILES string of the molecule is COc1ccc(C)cc1CN1CCN([C@@H](C)C(=O)N2CCc3ccccc3C2)CC1. The lowest BCUT2D eigenvalue weighted by Crippen LogP contribution is -2.54. The molecule has 1 amide bonds. The number of piperazine rings is 1. The number of hydrogen-bond donors (Lipinski definition) is 0. The van der Waals surface area contributed by atoms with Gasteiger partial charge in [-0.3, -0.25) is 14.6 Å². The highest BCUT2D eigenvalue weighted by atomic mass is 16.5. The Morgan fingerprint density at radius 1 is 1.03 bits per heavy atom. The summed E-state index contributed by atoms with van der Waals surface area (Å²) >= 11 is 0. The summed E-state index contributed by atoms with van der Waals surface area (Å²) < 4.78 is 5.54. The average Bonchev–Trinajstić information content (AvgIpc) is 2.78. The molecule has 0 saturated carbocycles. The quantitative estimate of drug-likeness (QED) is 0.763. The highest BCUT2D eigenvalue weighted by molar-refractivity contribution is 5.81. The summed E-state index contributed by atoms with van der Waals surface area (Å²) in [6.45, 7) is 10.4. The molecule has 0 unspecified atom stereocenters. The minimum absolute atomic E-state index is 0.0640. The van der Waals surface area contributed by atoms with Crippen LogP contribution in [0.4, 0.5) is 0 Å². The van der Waals surface area contributed by atoms with Crippen molar-refractivity contribution in [3.8, 4) is 5.75 Å². The number of carbonyl (C=O) groups is 1. The zero-order valence-corrected chi connectivity index (χ0v) is 18.4. The maximum absolute atomic E-state index is 13.2. The number of carbonyl (C=O) groups excluding carboxylic acids is 1. The average molecular weight is 408 g/mol. The summed E-state index contributed by atoms with van der Waals surface area (Å²) in [6, 6.07) is 14.8. The van der Waals surface area contributed by atoms with Gasteiger partial charge in [0.25, 0.3) is 0 Å². The van der Waals surface area contributed by atoms with Crippen molar-refractivity contribution in [3.63, 3.8) is 0 Å². The summed E-state index contributed by atoms with van der Waals surface area (Å²) in [7, 11) is 1.73. The van der Waals surface area contributed by atoms with Crippen LogP contribution in [-0.2, 0) is 24.3 Å². The second-order valence-electron chi connectivity index (χ2n) is 8.58. The number of aryl methyl sites for hydroxylation is 1. The monoisotopic (exact) mass is 407 g/mol. The van der Waals surface area contributed by atoms with Crippen molar-refractivity contribution in [2.24, 2.45) is 0 Å². The third-order valence-electron chi connectivity index (χ3n) is 6.58. The van der Waals surface area contributed by atoms with E-state index in [0.717, 1.165) is 58.0 Å². The van der Waals surface area contributed by atoms with Gasteiger partial charge in [0, 0.05) is 51.4 Å². The minimum atomic E-state index is -0.0640. The molecule has 2 heterocycles. The molecular formula is C25H33N3O2. The number of amides is 1. The first-order chi connectivity index (χ1) is 14.5. The molecule has 0 aliphatic carbocycles. The molecule has 2 aromatic carbocycles. The standard InChI is InChI=1S/C25H33N3O2/c1-19-8-9-24(30-3)23(16-19)17-26-12-14-27(15-13-26)20(2)25(29)28-11-10-21-6-4-5-7-22(21)18-28/h4-9,16,20H,10-15,17-18H2,1-3H3/t20-/m0/s1. The molecule has 5 nitrogen and oxygen atoms in total. The fraction of sp³-hybridized carbons (Fsp3) is 0.480. The van der Waals surface area contributed by atoms with Crippen molar-refractivity contribution in [2.75, 3.05) is 39.8 Å². The van der Waals surface area contributed by atoms with Gasteiger partial charge in [-0.1, -0.05) is 42.0 Å². The van der Waals surface area contributed by atoms with Crippen molar-refractivity contribution >= 4 is 5.91 Å². The third kappa shape index (κ3) is 4.52. The number of methoxy groups -OCH3 is 1. The van der Waals surface area contributed by atoms with Crippen molar-refractivity contribution in [3.05, 3.63) is 64.7 Å². The Morgan fingerprint density at radius 2 is 1.77 bits per heavy atom. The number of hydrogen-bond acceptors (Lipinski definition) is 4. The first kappa shape index (κ1) is 20.9. The maximum Gasteiger partial charge on any atom is 0.239 e. The molecule has 30 heavy (non-hydrogen) atoms. The minimum Gasteiger partial charge on any atom is -0.496 e. The van der Waals surface area contributed by atoms with Gasteiger partial charge in [0.2, 0.25) is 5.91 Å². The second-order valence-corrected chi connectivity index (χ2v) is 8.58. The topological polar surface area (TPSA) is 36.0 Å². The van der Waals surface area contributed by atoms with Gasteiger partial charge in [-0.05, 0) is 37.5 Å². The van der Waals surface area contributed by atoms with Crippen LogP contribution in [0.5, 0.6) is 5.75 Å². The van der Waals surface area contributed by atoms with E-state index in [2.05, 4.69) is 66.1 Å². The number of benzene rings is 2.